The standard InChI is InChI=1S/C13H25N3O2/c1-4-5-10(14)8-11(17)16-7-6-13(2,9-16)12(18)15-3/h10H,4-9,14H2,1-3H3,(H,15,18). The van der Waals surface area contributed by atoms with E-state index in [1.165, 1.54) is 0 Å². The first-order valence-electron chi connectivity index (χ1n) is 6.68. The zero-order valence-electron chi connectivity index (χ0n) is 11.7. The molecular formula is C13H25N3O2. The summed E-state index contributed by atoms with van der Waals surface area (Å²) in [6.07, 6.45) is 2.97. The van der Waals surface area contributed by atoms with Crippen molar-refractivity contribution >= 4 is 11.8 Å². The molecule has 1 aliphatic heterocycles. The molecule has 3 N–H and O–H groups in total. The quantitative estimate of drug-likeness (QED) is 0.750. The highest BCUT2D eigenvalue weighted by Gasteiger charge is 2.41. The SMILES string of the molecule is CCCC(N)CC(=O)N1CCC(C)(C(=O)NC)C1. The van der Waals surface area contributed by atoms with Gasteiger partial charge in [0.25, 0.3) is 0 Å². The third-order valence-corrected chi connectivity index (χ3v) is 3.70. The lowest BCUT2D eigenvalue weighted by Crippen LogP contribution is -2.41. The number of carbonyl (C=O) groups is 2. The molecule has 1 rings (SSSR count). The van der Waals surface area contributed by atoms with Crippen molar-refractivity contribution in [1.82, 2.24) is 10.2 Å². The topological polar surface area (TPSA) is 75.4 Å². The van der Waals surface area contributed by atoms with Gasteiger partial charge in [0.1, 0.15) is 0 Å². The van der Waals surface area contributed by atoms with Gasteiger partial charge in [-0.25, -0.2) is 0 Å². The smallest absolute Gasteiger partial charge is 0.227 e. The Kier molecular flexibility index (Phi) is 5.14. The first-order chi connectivity index (χ1) is 8.42. The third kappa shape index (κ3) is 3.45. The third-order valence-electron chi connectivity index (χ3n) is 3.70. The Morgan fingerprint density at radius 1 is 1.50 bits per heavy atom. The van der Waals surface area contributed by atoms with Crippen LogP contribution in [-0.4, -0.2) is 42.9 Å². The van der Waals surface area contributed by atoms with Gasteiger partial charge in [-0.2, -0.15) is 0 Å². The highest BCUT2D eigenvalue weighted by atomic mass is 16.2. The van der Waals surface area contributed by atoms with Crippen LogP contribution in [0.5, 0.6) is 0 Å². The Labute approximate surface area is 109 Å². The van der Waals surface area contributed by atoms with Crippen LogP contribution in [0.4, 0.5) is 0 Å². The Bertz CT molecular complexity index is 319. The van der Waals surface area contributed by atoms with E-state index in [4.69, 9.17) is 5.73 Å². The molecule has 2 amide bonds. The van der Waals surface area contributed by atoms with E-state index in [0.29, 0.717) is 19.5 Å². The van der Waals surface area contributed by atoms with Gasteiger partial charge in [0.05, 0.1) is 5.41 Å². The van der Waals surface area contributed by atoms with Gasteiger partial charge in [-0.15, -0.1) is 0 Å². The number of rotatable bonds is 5. The van der Waals surface area contributed by atoms with Gasteiger partial charge in [0, 0.05) is 32.6 Å². The van der Waals surface area contributed by atoms with Crippen molar-refractivity contribution in [3.8, 4) is 0 Å². The molecule has 0 aromatic rings. The summed E-state index contributed by atoms with van der Waals surface area (Å²) in [6.45, 7) is 5.12. The molecule has 1 fully saturated rings. The van der Waals surface area contributed by atoms with Crippen molar-refractivity contribution in [2.45, 2.75) is 45.6 Å². The second-order valence-corrected chi connectivity index (χ2v) is 5.46. The molecule has 2 atom stereocenters. The molecule has 0 aromatic heterocycles. The lowest BCUT2D eigenvalue weighted by molar-refractivity contribution is -0.132. The van der Waals surface area contributed by atoms with Crippen LogP contribution in [-0.2, 0) is 9.59 Å². The summed E-state index contributed by atoms with van der Waals surface area (Å²) in [5.74, 6) is 0.0826. The summed E-state index contributed by atoms with van der Waals surface area (Å²) in [5.41, 5.74) is 5.43. The number of amides is 2. The van der Waals surface area contributed by atoms with Gasteiger partial charge in [-0.3, -0.25) is 9.59 Å². The molecule has 0 saturated carbocycles. The summed E-state index contributed by atoms with van der Waals surface area (Å²) in [7, 11) is 1.63. The molecular weight excluding hydrogens is 230 g/mol. The Morgan fingerprint density at radius 3 is 2.72 bits per heavy atom. The highest BCUT2D eigenvalue weighted by Crippen LogP contribution is 2.30. The zero-order valence-corrected chi connectivity index (χ0v) is 11.7. The highest BCUT2D eigenvalue weighted by molar-refractivity contribution is 5.84. The van der Waals surface area contributed by atoms with Crippen LogP contribution in [0.25, 0.3) is 0 Å². The molecule has 1 aliphatic rings. The molecule has 5 heteroatoms. The molecule has 0 bridgehead atoms. The van der Waals surface area contributed by atoms with Crippen LogP contribution >= 0.6 is 0 Å². The van der Waals surface area contributed by atoms with Crippen LogP contribution in [0.15, 0.2) is 0 Å². The first kappa shape index (κ1) is 15.0. The van der Waals surface area contributed by atoms with Gasteiger partial charge in [0.15, 0.2) is 0 Å². The molecule has 18 heavy (non-hydrogen) atoms. The lowest BCUT2D eigenvalue weighted by Gasteiger charge is -2.23. The van der Waals surface area contributed by atoms with E-state index in [2.05, 4.69) is 12.2 Å². The molecule has 0 aromatic carbocycles. The number of nitrogens with two attached hydrogens (primary N) is 1. The van der Waals surface area contributed by atoms with Crippen molar-refractivity contribution in [3.05, 3.63) is 0 Å². The summed E-state index contributed by atoms with van der Waals surface area (Å²) in [4.78, 5) is 25.6. The van der Waals surface area contributed by atoms with E-state index < -0.39 is 5.41 Å². The fourth-order valence-corrected chi connectivity index (χ4v) is 2.49. The minimum Gasteiger partial charge on any atom is -0.359 e. The van der Waals surface area contributed by atoms with E-state index >= 15 is 0 Å². The summed E-state index contributed by atoms with van der Waals surface area (Å²) in [6, 6.07) is -0.0608. The van der Waals surface area contributed by atoms with Gasteiger partial charge in [-0.1, -0.05) is 13.3 Å². The number of hydrogen-bond acceptors (Lipinski definition) is 3. The second-order valence-electron chi connectivity index (χ2n) is 5.46. The van der Waals surface area contributed by atoms with Crippen LogP contribution < -0.4 is 11.1 Å². The molecule has 0 aliphatic carbocycles. The molecule has 0 radical (unpaired) electrons. The normalized spacial score (nSPS) is 25.0. The summed E-state index contributed by atoms with van der Waals surface area (Å²) < 4.78 is 0. The maximum absolute atomic E-state index is 12.0. The van der Waals surface area contributed by atoms with E-state index in [-0.39, 0.29) is 17.9 Å². The number of carbonyl (C=O) groups excluding carboxylic acids is 2. The molecule has 104 valence electrons. The van der Waals surface area contributed by atoms with Gasteiger partial charge < -0.3 is 16.0 Å². The fraction of sp³-hybridized carbons (Fsp3) is 0.846. The number of nitrogens with zero attached hydrogens (tertiary/aromatic N) is 1. The van der Waals surface area contributed by atoms with Gasteiger partial charge in [-0.05, 0) is 19.8 Å². The maximum atomic E-state index is 12.0. The van der Waals surface area contributed by atoms with Gasteiger partial charge in [0.2, 0.25) is 11.8 Å². The van der Waals surface area contributed by atoms with Crippen LogP contribution in [0.1, 0.15) is 39.5 Å². The largest absolute Gasteiger partial charge is 0.359 e. The van der Waals surface area contributed by atoms with Crippen LogP contribution in [0.2, 0.25) is 0 Å². The lowest BCUT2D eigenvalue weighted by atomic mass is 9.89. The molecule has 1 heterocycles. The molecule has 2 unspecified atom stereocenters. The predicted molar refractivity (Wildman–Crippen MR) is 70.9 cm³/mol. The average Bonchev–Trinajstić information content (AvgIpc) is 2.72. The monoisotopic (exact) mass is 255 g/mol. The van der Waals surface area contributed by atoms with Crippen molar-refractivity contribution in [3.63, 3.8) is 0 Å². The van der Waals surface area contributed by atoms with Gasteiger partial charge >= 0.3 is 0 Å². The van der Waals surface area contributed by atoms with E-state index in [9.17, 15) is 9.59 Å². The molecule has 1 saturated heterocycles. The zero-order chi connectivity index (χ0) is 13.8. The van der Waals surface area contributed by atoms with E-state index in [1.807, 2.05) is 6.92 Å². The molecule has 0 spiro atoms. The van der Waals surface area contributed by atoms with Crippen molar-refractivity contribution in [2.75, 3.05) is 20.1 Å². The predicted octanol–water partition coefficient (Wildman–Crippen LogP) is 0.489. The fourth-order valence-electron chi connectivity index (χ4n) is 2.49. The Balaban J connectivity index is 2.51. The van der Waals surface area contributed by atoms with E-state index in [0.717, 1.165) is 19.3 Å². The number of hydrogen-bond donors (Lipinski definition) is 2. The second kappa shape index (κ2) is 6.18. The first-order valence-corrected chi connectivity index (χ1v) is 6.68. The minimum absolute atomic E-state index is 0.00987. The molecule has 5 nitrogen and oxygen atoms in total. The maximum Gasteiger partial charge on any atom is 0.227 e. The number of nitrogens with one attached hydrogen (secondary N) is 1. The summed E-state index contributed by atoms with van der Waals surface area (Å²) >= 11 is 0. The van der Waals surface area contributed by atoms with Crippen molar-refractivity contribution in [1.29, 1.82) is 0 Å². The van der Waals surface area contributed by atoms with E-state index in [1.54, 1.807) is 11.9 Å². The summed E-state index contributed by atoms with van der Waals surface area (Å²) in [5, 5.41) is 2.67. The Hall–Kier alpha value is -1.10. The number of likely N-dealkylation sites (tertiary alicyclic amines) is 1. The van der Waals surface area contributed by atoms with Crippen molar-refractivity contribution in [2.24, 2.45) is 11.1 Å². The van der Waals surface area contributed by atoms with Crippen LogP contribution in [0.3, 0.4) is 0 Å². The Morgan fingerprint density at radius 2 is 2.17 bits per heavy atom. The minimum atomic E-state index is -0.445. The van der Waals surface area contributed by atoms with Crippen LogP contribution in [0, 0.1) is 5.41 Å². The van der Waals surface area contributed by atoms with Crippen molar-refractivity contribution < 1.29 is 9.59 Å². The average molecular weight is 255 g/mol.